The molecule has 1 aromatic heterocycles. The summed E-state index contributed by atoms with van der Waals surface area (Å²) in [5.74, 6) is 0.00655. The molecule has 2 amide bonds. The summed E-state index contributed by atoms with van der Waals surface area (Å²) in [7, 11) is 0. The van der Waals surface area contributed by atoms with E-state index in [1.54, 1.807) is 59.7 Å². The van der Waals surface area contributed by atoms with Crippen molar-refractivity contribution in [3.63, 3.8) is 0 Å². The molecule has 0 atom stereocenters. The van der Waals surface area contributed by atoms with E-state index in [1.807, 2.05) is 0 Å². The highest BCUT2D eigenvalue weighted by molar-refractivity contribution is 6.13. The third kappa shape index (κ3) is 4.72. The summed E-state index contributed by atoms with van der Waals surface area (Å²) in [4.78, 5) is 26.0. The van der Waals surface area contributed by atoms with E-state index in [9.17, 15) is 9.59 Å². The van der Waals surface area contributed by atoms with Crippen molar-refractivity contribution >= 4 is 29.0 Å². The lowest BCUT2D eigenvalue weighted by molar-refractivity contribution is 0.0428. The predicted octanol–water partition coefficient (Wildman–Crippen LogP) is 3.96. The van der Waals surface area contributed by atoms with Crippen LogP contribution in [0.15, 0.2) is 22.7 Å². The zero-order chi connectivity index (χ0) is 19.7. The first kappa shape index (κ1) is 19.7. The summed E-state index contributed by atoms with van der Waals surface area (Å²) in [5.41, 5.74) is 5.26. The van der Waals surface area contributed by atoms with Gasteiger partial charge in [0.2, 0.25) is 0 Å². The van der Waals surface area contributed by atoms with Gasteiger partial charge in [0.25, 0.3) is 0 Å². The summed E-state index contributed by atoms with van der Waals surface area (Å²) in [5, 5.41) is 4.35. The number of nitrogens with zero attached hydrogens (tertiary/aromatic N) is 2. The number of anilines is 1. The molecule has 0 unspecified atom stereocenters. The number of carbonyl (C=O) groups is 2. The van der Waals surface area contributed by atoms with Crippen LogP contribution in [0.4, 0.5) is 15.4 Å². The number of benzene rings is 1. The molecule has 8 nitrogen and oxygen atoms in total. The zero-order valence-corrected chi connectivity index (χ0v) is 16.0. The van der Waals surface area contributed by atoms with Crippen molar-refractivity contribution in [2.75, 3.05) is 4.90 Å². The molecule has 0 spiro atoms. The van der Waals surface area contributed by atoms with Crippen molar-refractivity contribution < 1.29 is 23.6 Å². The molecule has 26 heavy (non-hydrogen) atoms. The molecule has 0 fully saturated rings. The molecule has 142 valence electrons. The van der Waals surface area contributed by atoms with Gasteiger partial charge in [-0.3, -0.25) is 0 Å². The topological polar surface area (TPSA) is 108 Å². The Kier molecular flexibility index (Phi) is 5.27. The molecule has 2 aromatic rings. The summed E-state index contributed by atoms with van der Waals surface area (Å²) in [6.07, 6.45) is -1.80. The Morgan fingerprint density at radius 2 is 1.62 bits per heavy atom. The second-order valence-electron chi connectivity index (χ2n) is 7.84. The molecule has 0 aliphatic heterocycles. The fraction of sp³-hybridized carbons (Fsp3) is 0.500. The van der Waals surface area contributed by atoms with Crippen molar-refractivity contribution in [2.45, 2.75) is 59.3 Å². The first-order valence-electron chi connectivity index (χ1n) is 8.26. The number of nitrogens with two attached hydrogens (primary N) is 1. The van der Waals surface area contributed by atoms with Gasteiger partial charge in [0.05, 0.1) is 5.39 Å². The lowest BCUT2D eigenvalue weighted by Crippen LogP contribution is -2.44. The predicted molar refractivity (Wildman–Crippen MR) is 96.8 cm³/mol. The van der Waals surface area contributed by atoms with E-state index in [4.69, 9.17) is 19.7 Å². The normalized spacial score (nSPS) is 12.1. The molecular weight excluding hydrogens is 338 g/mol. The van der Waals surface area contributed by atoms with Gasteiger partial charge in [-0.15, -0.1) is 0 Å². The van der Waals surface area contributed by atoms with Gasteiger partial charge in [-0.25, -0.2) is 9.59 Å². The third-order valence-corrected chi connectivity index (χ3v) is 3.12. The van der Waals surface area contributed by atoms with Crippen LogP contribution in [0.5, 0.6) is 0 Å². The molecule has 1 heterocycles. The zero-order valence-electron chi connectivity index (χ0n) is 16.0. The van der Waals surface area contributed by atoms with E-state index in [2.05, 4.69) is 5.16 Å². The van der Waals surface area contributed by atoms with E-state index in [0.717, 1.165) is 10.5 Å². The van der Waals surface area contributed by atoms with E-state index < -0.39 is 23.4 Å². The van der Waals surface area contributed by atoms with Gasteiger partial charge in [-0.2, -0.15) is 4.90 Å². The molecule has 0 aliphatic rings. The Morgan fingerprint density at radius 1 is 1.08 bits per heavy atom. The molecule has 0 saturated heterocycles. The molecule has 2 rings (SSSR count). The Balaban J connectivity index is 2.49. The van der Waals surface area contributed by atoms with Crippen LogP contribution in [0.1, 0.15) is 47.1 Å². The SMILES string of the molecule is CC(C)(C)OC(=O)N(C(=O)OC(C)(C)C)c1noc2cc(CN)ccc12. The fourth-order valence-electron chi connectivity index (χ4n) is 2.12. The van der Waals surface area contributed by atoms with Crippen molar-refractivity contribution in [1.82, 2.24) is 5.16 Å². The molecule has 2 N–H and O–H groups in total. The number of carbonyl (C=O) groups excluding carboxylic acids is 2. The smallest absolute Gasteiger partial charge is 0.425 e. The number of ether oxygens (including phenoxy) is 2. The number of aromatic nitrogens is 1. The van der Waals surface area contributed by atoms with E-state index in [-0.39, 0.29) is 5.82 Å². The molecule has 0 aliphatic carbocycles. The van der Waals surface area contributed by atoms with Gasteiger partial charge in [0.15, 0.2) is 11.4 Å². The van der Waals surface area contributed by atoms with Crippen molar-refractivity contribution in [3.05, 3.63) is 23.8 Å². The maximum atomic E-state index is 12.7. The second kappa shape index (κ2) is 6.95. The summed E-state index contributed by atoms with van der Waals surface area (Å²) >= 11 is 0. The van der Waals surface area contributed by atoms with Gasteiger partial charge in [0, 0.05) is 6.54 Å². The minimum Gasteiger partial charge on any atom is -0.443 e. The molecule has 0 bridgehead atoms. The average Bonchev–Trinajstić information content (AvgIpc) is 2.86. The van der Waals surface area contributed by atoms with Gasteiger partial charge in [-0.05, 0) is 59.2 Å². The van der Waals surface area contributed by atoms with Crippen LogP contribution in [0, 0.1) is 0 Å². The van der Waals surface area contributed by atoms with Gasteiger partial charge >= 0.3 is 12.2 Å². The largest absolute Gasteiger partial charge is 0.443 e. The average molecular weight is 363 g/mol. The number of rotatable bonds is 2. The van der Waals surface area contributed by atoms with Crippen molar-refractivity contribution in [1.29, 1.82) is 0 Å². The first-order valence-corrected chi connectivity index (χ1v) is 8.26. The third-order valence-electron chi connectivity index (χ3n) is 3.12. The Hall–Kier alpha value is -2.61. The minimum absolute atomic E-state index is 0.00655. The maximum absolute atomic E-state index is 12.7. The molecule has 0 saturated carbocycles. The van der Waals surface area contributed by atoms with Crippen LogP contribution in [0.3, 0.4) is 0 Å². The Morgan fingerprint density at radius 3 is 2.08 bits per heavy atom. The van der Waals surface area contributed by atoms with Gasteiger partial charge in [-0.1, -0.05) is 11.2 Å². The number of imide groups is 1. The summed E-state index contributed by atoms with van der Waals surface area (Å²) in [6.45, 7) is 10.5. The minimum atomic E-state index is -0.898. The van der Waals surface area contributed by atoms with Crippen LogP contribution in [-0.2, 0) is 16.0 Å². The summed E-state index contributed by atoms with van der Waals surface area (Å²) in [6, 6.07) is 5.16. The summed E-state index contributed by atoms with van der Waals surface area (Å²) < 4.78 is 15.9. The van der Waals surface area contributed by atoms with Crippen LogP contribution in [0.2, 0.25) is 0 Å². The van der Waals surface area contributed by atoms with Gasteiger partial charge < -0.3 is 19.7 Å². The monoisotopic (exact) mass is 363 g/mol. The highest BCUT2D eigenvalue weighted by atomic mass is 16.6. The molecule has 8 heteroatoms. The number of hydrogen-bond acceptors (Lipinski definition) is 7. The van der Waals surface area contributed by atoms with Crippen LogP contribution >= 0.6 is 0 Å². The number of fused-ring (bicyclic) bond motifs is 1. The number of hydrogen-bond donors (Lipinski definition) is 1. The van der Waals surface area contributed by atoms with Crippen LogP contribution < -0.4 is 10.6 Å². The van der Waals surface area contributed by atoms with Crippen molar-refractivity contribution in [3.8, 4) is 0 Å². The number of amides is 2. The second-order valence-corrected chi connectivity index (χ2v) is 7.84. The highest BCUT2D eigenvalue weighted by Crippen LogP contribution is 2.29. The maximum Gasteiger partial charge on any atom is 0.425 e. The molecular formula is C18H25N3O5. The fourth-order valence-corrected chi connectivity index (χ4v) is 2.12. The molecule has 0 radical (unpaired) electrons. The Labute approximate surface area is 152 Å². The van der Waals surface area contributed by atoms with Gasteiger partial charge in [0.1, 0.15) is 11.2 Å². The first-order chi connectivity index (χ1) is 11.9. The van der Waals surface area contributed by atoms with E-state index >= 15 is 0 Å². The standard InChI is InChI=1S/C18H25N3O5/c1-17(2,3)24-15(22)21(16(23)25-18(4,5)6)14-12-8-7-11(10-19)9-13(12)26-20-14/h7-9H,10,19H2,1-6H3. The quantitative estimate of drug-likeness (QED) is 0.860. The van der Waals surface area contributed by atoms with E-state index in [1.165, 1.54) is 0 Å². The highest BCUT2D eigenvalue weighted by Gasteiger charge is 2.35. The lowest BCUT2D eigenvalue weighted by Gasteiger charge is -2.27. The molecule has 1 aromatic carbocycles. The van der Waals surface area contributed by atoms with Crippen LogP contribution in [-0.4, -0.2) is 28.5 Å². The van der Waals surface area contributed by atoms with Crippen LogP contribution in [0.25, 0.3) is 11.0 Å². The van der Waals surface area contributed by atoms with Crippen molar-refractivity contribution in [2.24, 2.45) is 5.73 Å². The Bertz CT molecular complexity index is 786. The lowest BCUT2D eigenvalue weighted by atomic mass is 10.1. The van der Waals surface area contributed by atoms with E-state index in [0.29, 0.717) is 17.5 Å².